The van der Waals surface area contributed by atoms with Crippen LogP contribution in [0.2, 0.25) is 5.02 Å². The van der Waals surface area contributed by atoms with Crippen molar-refractivity contribution in [2.24, 2.45) is 5.73 Å². The SMILES string of the molecule is COc1c(C)cc(Cl)c(C)c1C1(N)CCCCC1. The second-order valence-corrected chi connectivity index (χ2v) is 5.83. The molecule has 18 heavy (non-hydrogen) atoms. The van der Waals surface area contributed by atoms with E-state index in [2.05, 4.69) is 0 Å². The van der Waals surface area contributed by atoms with E-state index in [1.807, 2.05) is 19.9 Å². The van der Waals surface area contributed by atoms with Gasteiger partial charge in [-0.15, -0.1) is 0 Å². The Kier molecular flexibility index (Phi) is 3.88. The second kappa shape index (κ2) is 5.10. The van der Waals surface area contributed by atoms with Crippen LogP contribution in [0.3, 0.4) is 0 Å². The number of benzene rings is 1. The number of rotatable bonds is 2. The first kappa shape index (κ1) is 13.7. The third-order valence-corrected chi connectivity index (χ3v) is 4.50. The summed E-state index contributed by atoms with van der Waals surface area (Å²) in [5, 5.41) is 0.790. The van der Waals surface area contributed by atoms with Crippen molar-refractivity contribution >= 4 is 11.6 Å². The molecule has 0 heterocycles. The van der Waals surface area contributed by atoms with E-state index in [9.17, 15) is 0 Å². The van der Waals surface area contributed by atoms with Crippen LogP contribution in [0.4, 0.5) is 0 Å². The number of hydrogen-bond acceptors (Lipinski definition) is 2. The van der Waals surface area contributed by atoms with Gasteiger partial charge in [0.2, 0.25) is 0 Å². The Morgan fingerprint density at radius 1 is 1.22 bits per heavy atom. The molecule has 0 unspecified atom stereocenters. The summed E-state index contributed by atoms with van der Waals surface area (Å²) < 4.78 is 5.59. The normalized spacial score (nSPS) is 18.7. The summed E-state index contributed by atoms with van der Waals surface area (Å²) in [6, 6.07) is 1.96. The molecular formula is C15H22ClNO. The molecule has 0 saturated heterocycles. The summed E-state index contributed by atoms with van der Waals surface area (Å²) in [4.78, 5) is 0. The topological polar surface area (TPSA) is 35.2 Å². The highest BCUT2D eigenvalue weighted by atomic mass is 35.5. The smallest absolute Gasteiger partial charge is 0.127 e. The molecule has 0 aliphatic heterocycles. The van der Waals surface area contributed by atoms with Crippen LogP contribution >= 0.6 is 11.6 Å². The standard InChI is InChI=1S/C15H22ClNO/c1-10-9-12(16)11(2)13(14(10)18-3)15(17)7-5-4-6-8-15/h9H,4-8,17H2,1-3H3. The lowest BCUT2D eigenvalue weighted by Crippen LogP contribution is -2.39. The molecule has 2 N–H and O–H groups in total. The Morgan fingerprint density at radius 3 is 2.39 bits per heavy atom. The van der Waals surface area contributed by atoms with Gasteiger partial charge in [0.15, 0.2) is 0 Å². The molecule has 2 rings (SSSR count). The molecule has 1 aliphatic rings. The molecule has 1 aromatic carbocycles. The average Bonchev–Trinajstić information content (AvgIpc) is 2.34. The lowest BCUT2D eigenvalue weighted by Gasteiger charge is -2.36. The Morgan fingerprint density at radius 2 is 1.83 bits per heavy atom. The fourth-order valence-corrected chi connectivity index (χ4v) is 3.40. The summed E-state index contributed by atoms with van der Waals surface area (Å²) in [6.45, 7) is 4.07. The highest BCUT2D eigenvalue weighted by molar-refractivity contribution is 6.31. The Hall–Kier alpha value is -0.730. The zero-order chi connectivity index (χ0) is 13.3. The van der Waals surface area contributed by atoms with Crippen molar-refractivity contribution in [2.75, 3.05) is 7.11 Å². The second-order valence-electron chi connectivity index (χ2n) is 5.43. The van der Waals surface area contributed by atoms with Crippen molar-refractivity contribution in [3.05, 3.63) is 27.8 Å². The summed E-state index contributed by atoms with van der Waals surface area (Å²) in [6.07, 6.45) is 5.68. The predicted octanol–water partition coefficient (Wildman–Crippen LogP) is 4.08. The molecule has 2 nitrogen and oxygen atoms in total. The largest absolute Gasteiger partial charge is 0.496 e. The summed E-state index contributed by atoms with van der Waals surface area (Å²) >= 11 is 6.32. The average molecular weight is 268 g/mol. The maximum atomic E-state index is 6.66. The van der Waals surface area contributed by atoms with Crippen LogP contribution in [0, 0.1) is 13.8 Å². The van der Waals surface area contributed by atoms with E-state index in [4.69, 9.17) is 22.1 Å². The van der Waals surface area contributed by atoms with Gasteiger partial charge in [-0.1, -0.05) is 30.9 Å². The quantitative estimate of drug-likeness (QED) is 0.876. The van der Waals surface area contributed by atoms with Crippen molar-refractivity contribution < 1.29 is 4.74 Å². The van der Waals surface area contributed by atoms with Gasteiger partial charge in [-0.05, 0) is 43.9 Å². The molecule has 0 radical (unpaired) electrons. The number of methoxy groups -OCH3 is 1. The molecule has 1 aliphatic carbocycles. The van der Waals surface area contributed by atoms with Crippen molar-refractivity contribution in [1.82, 2.24) is 0 Å². The van der Waals surface area contributed by atoms with Crippen LogP contribution in [0.1, 0.15) is 48.8 Å². The van der Waals surface area contributed by atoms with E-state index < -0.39 is 0 Å². The monoisotopic (exact) mass is 267 g/mol. The first-order chi connectivity index (χ1) is 8.49. The van der Waals surface area contributed by atoms with Crippen LogP contribution in [0.25, 0.3) is 0 Å². The highest BCUT2D eigenvalue weighted by Gasteiger charge is 2.34. The van der Waals surface area contributed by atoms with E-state index in [0.717, 1.165) is 40.3 Å². The van der Waals surface area contributed by atoms with E-state index in [-0.39, 0.29) is 5.54 Å². The minimum absolute atomic E-state index is 0.274. The molecule has 1 aromatic rings. The number of hydrogen-bond donors (Lipinski definition) is 1. The molecule has 0 spiro atoms. The van der Waals surface area contributed by atoms with Crippen molar-refractivity contribution in [2.45, 2.75) is 51.5 Å². The number of nitrogens with two attached hydrogens (primary N) is 1. The summed E-state index contributed by atoms with van der Waals surface area (Å²) in [7, 11) is 1.71. The Bertz CT molecular complexity index is 450. The molecule has 100 valence electrons. The van der Waals surface area contributed by atoms with Crippen molar-refractivity contribution in [3.63, 3.8) is 0 Å². The Balaban J connectivity index is 2.60. The fraction of sp³-hybridized carbons (Fsp3) is 0.600. The molecule has 0 bridgehead atoms. The van der Waals surface area contributed by atoms with E-state index in [1.54, 1.807) is 7.11 Å². The first-order valence-electron chi connectivity index (χ1n) is 6.62. The van der Waals surface area contributed by atoms with Gasteiger partial charge in [0.05, 0.1) is 7.11 Å². The van der Waals surface area contributed by atoms with Gasteiger partial charge in [-0.3, -0.25) is 0 Å². The van der Waals surface area contributed by atoms with Gasteiger partial charge in [0, 0.05) is 16.1 Å². The van der Waals surface area contributed by atoms with Gasteiger partial charge in [-0.25, -0.2) is 0 Å². The van der Waals surface area contributed by atoms with E-state index >= 15 is 0 Å². The molecule has 1 saturated carbocycles. The third kappa shape index (κ3) is 2.24. The molecule has 3 heteroatoms. The summed E-state index contributed by atoms with van der Waals surface area (Å²) in [5.74, 6) is 0.918. The maximum absolute atomic E-state index is 6.66. The fourth-order valence-electron chi connectivity index (χ4n) is 3.15. The van der Waals surface area contributed by atoms with Crippen LogP contribution in [0.5, 0.6) is 5.75 Å². The minimum atomic E-state index is -0.274. The van der Waals surface area contributed by atoms with Crippen LogP contribution in [-0.4, -0.2) is 7.11 Å². The van der Waals surface area contributed by atoms with Crippen molar-refractivity contribution in [3.8, 4) is 5.75 Å². The molecule has 1 fully saturated rings. The number of ether oxygens (including phenoxy) is 1. The number of halogens is 1. The van der Waals surface area contributed by atoms with Gasteiger partial charge in [0.25, 0.3) is 0 Å². The lowest BCUT2D eigenvalue weighted by atomic mass is 9.75. The molecule has 0 amide bonds. The third-order valence-electron chi connectivity index (χ3n) is 4.11. The van der Waals surface area contributed by atoms with Gasteiger partial charge in [0.1, 0.15) is 5.75 Å². The predicted molar refractivity (Wildman–Crippen MR) is 76.4 cm³/mol. The van der Waals surface area contributed by atoms with Crippen LogP contribution in [0.15, 0.2) is 6.07 Å². The van der Waals surface area contributed by atoms with Crippen LogP contribution in [-0.2, 0) is 5.54 Å². The lowest BCUT2D eigenvalue weighted by molar-refractivity contribution is 0.287. The van der Waals surface area contributed by atoms with Crippen molar-refractivity contribution in [1.29, 1.82) is 0 Å². The Labute approximate surface area is 114 Å². The van der Waals surface area contributed by atoms with Gasteiger partial charge in [-0.2, -0.15) is 0 Å². The zero-order valence-corrected chi connectivity index (χ0v) is 12.2. The molecular weight excluding hydrogens is 246 g/mol. The maximum Gasteiger partial charge on any atom is 0.127 e. The summed E-state index contributed by atoms with van der Waals surface area (Å²) in [5.41, 5.74) is 9.64. The highest BCUT2D eigenvalue weighted by Crippen LogP contribution is 2.44. The van der Waals surface area contributed by atoms with Gasteiger partial charge < -0.3 is 10.5 Å². The van der Waals surface area contributed by atoms with Crippen LogP contribution < -0.4 is 10.5 Å². The minimum Gasteiger partial charge on any atom is -0.496 e. The molecule has 0 atom stereocenters. The van der Waals surface area contributed by atoms with E-state index in [0.29, 0.717) is 0 Å². The molecule has 0 aromatic heterocycles. The first-order valence-corrected chi connectivity index (χ1v) is 7.00. The van der Waals surface area contributed by atoms with E-state index in [1.165, 1.54) is 19.3 Å². The zero-order valence-electron chi connectivity index (χ0n) is 11.5. The van der Waals surface area contributed by atoms with Gasteiger partial charge >= 0.3 is 0 Å². The number of aryl methyl sites for hydroxylation is 1.